The third-order valence-electron chi connectivity index (χ3n) is 5.57. The van der Waals surface area contributed by atoms with E-state index in [1.54, 1.807) is 42.1 Å². The summed E-state index contributed by atoms with van der Waals surface area (Å²) < 4.78 is 18.6. The topological polar surface area (TPSA) is 152 Å². The minimum atomic E-state index is -0.408. The minimum absolute atomic E-state index is 0.123. The van der Waals surface area contributed by atoms with Gasteiger partial charge in [-0.1, -0.05) is 13.3 Å². The van der Waals surface area contributed by atoms with Gasteiger partial charge in [0.2, 0.25) is 5.95 Å². The Morgan fingerprint density at radius 1 is 1.14 bits per heavy atom. The fourth-order valence-corrected chi connectivity index (χ4v) is 4.30. The van der Waals surface area contributed by atoms with Crippen LogP contribution in [-0.4, -0.2) is 46.1 Å². The van der Waals surface area contributed by atoms with E-state index in [0.717, 1.165) is 18.4 Å². The van der Waals surface area contributed by atoms with Crippen LogP contribution < -0.4 is 26.3 Å². The first-order valence-corrected chi connectivity index (χ1v) is 12.4. The van der Waals surface area contributed by atoms with Crippen molar-refractivity contribution in [2.24, 2.45) is 5.73 Å². The zero-order valence-electron chi connectivity index (χ0n) is 20.7. The van der Waals surface area contributed by atoms with E-state index in [0.29, 0.717) is 50.8 Å². The molecule has 194 valence electrons. The van der Waals surface area contributed by atoms with Gasteiger partial charge in [-0.3, -0.25) is 4.68 Å². The Morgan fingerprint density at radius 3 is 2.54 bits per heavy atom. The number of carbonyl (C=O) groups excluding carboxylic acids is 1. The van der Waals surface area contributed by atoms with E-state index in [4.69, 9.17) is 25.7 Å². The third kappa shape index (κ3) is 5.92. The molecule has 2 aromatic carbocycles. The van der Waals surface area contributed by atoms with Gasteiger partial charge < -0.3 is 31.0 Å². The smallest absolute Gasteiger partial charge is 0.337 e. The van der Waals surface area contributed by atoms with Crippen molar-refractivity contribution in [2.45, 2.75) is 32.5 Å². The molecule has 0 bridgehead atoms. The number of nitrogens with zero attached hydrogens (tertiary/aromatic N) is 4. The molecule has 0 saturated heterocycles. The zero-order valence-corrected chi connectivity index (χ0v) is 22.3. The lowest BCUT2D eigenvalue weighted by molar-refractivity contribution is 0.0600. The molecule has 5 N–H and O–H groups in total. The van der Waals surface area contributed by atoms with Gasteiger partial charge in [0, 0.05) is 11.6 Å². The number of benzene rings is 2. The van der Waals surface area contributed by atoms with E-state index in [1.807, 2.05) is 12.1 Å². The summed E-state index contributed by atoms with van der Waals surface area (Å²) >= 11 is 3.48. The van der Waals surface area contributed by atoms with E-state index >= 15 is 0 Å². The molecule has 2 heterocycles. The van der Waals surface area contributed by atoms with Gasteiger partial charge >= 0.3 is 5.97 Å². The lowest BCUT2D eigenvalue weighted by atomic mass is 10.2. The van der Waals surface area contributed by atoms with Gasteiger partial charge in [0.15, 0.2) is 10.4 Å². The molecule has 0 spiro atoms. The van der Waals surface area contributed by atoms with Gasteiger partial charge in [0.1, 0.15) is 28.3 Å². The number of carbonyl (C=O) groups is 1. The van der Waals surface area contributed by atoms with Crippen LogP contribution in [0.15, 0.2) is 47.1 Å². The molecular formula is C25H28BrN7O4. The summed E-state index contributed by atoms with van der Waals surface area (Å²) in [7, 11) is 2.93. The van der Waals surface area contributed by atoms with E-state index in [9.17, 15) is 4.79 Å². The number of esters is 1. The first-order chi connectivity index (χ1) is 17.8. The zero-order chi connectivity index (χ0) is 26.5. The van der Waals surface area contributed by atoms with Crippen LogP contribution in [0.5, 0.6) is 17.2 Å². The molecule has 11 nitrogen and oxygen atoms in total. The largest absolute Gasteiger partial charge is 0.496 e. The van der Waals surface area contributed by atoms with Gasteiger partial charge in [-0.15, -0.1) is 0 Å². The quantitative estimate of drug-likeness (QED) is 0.186. The number of nitrogens with two attached hydrogens (primary N) is 2. The molecule has 0 fully saturated rings. The van der Waals surface area contributed by atoms with Crippen molar-refractivity contribution < 1.29 is 19.0 Å². The van der Waals surface area contributed by atoms with E-state index in [-0.39, 0.29) is 12.1 Å². The highest BCUT2D eigenvalue weighted by Crippen LogP contribution is 2.32. The Hall–Kier alpha value is -3.90. The fourth-order valence-electron chi connectivity index (χ4n) is 3.83. The van der Waals surface area contributed by atoms with E-state index in [1.165, 1.54) is 7.11 Å². The first-order valence-electron chi connectivity index (χ1n) is 11.6. The molecule has 4 aromatic rings. The van der Waals surface area contributed by atoms with Crippen molar-refractivity contribution in [2.75, 3.05) is 25.3 Å². The van der Waals surface area contributed by atoms with E-state index in [2.05, 4.69) is 43.2 Å². The molecule has 12 heteroatoms. The Labute approximate surface area is 222 Å². The number of methoxy groups -OCH3 is 2. The van der Waals surface area contributed by atoms with Crippen LogP contribution in [0.3, 0.4) is 0 Å². The number of aromatic nitrogens is 4. The maximum Gasteiger partial charge on any atom is 0.337 e. The average Bonchev–Trinajstić information content (AvgIpc) is 3.19. The Kier molecular flexibility index (Phi) is 8.09. The van der Waals surface area contributed by atoms with Gasteiger partial charge in [-0.05, 0) is 58.7 Å². The molecular weight excluding hydrogens is 542 g/mol. The number of rotatable bonds is 10. The summed E-state index contributed by atoms with van der Waals surface area (Å²) in [6.45, 7) is 2.42. The Morgan fingerprint density at radius 2 is 1.86 bits per heavy atom. The highest BCUT2D eigenvalue weighted by atomic mass is 79.9. The molecule has 2 aromatic heterocycles. The van der Waals surface area contributed by atoms with Crippen LogP contribution >= 0.6 is 15.9 Å². The van der Waals surface area contributed by atoms with Crippen LogP contribution in [-0.2, 0) is 11.3 Å². The minimum Gasteiger partial charge on any atom is -0.496 e. The molecule has 0 saturated carbocycles. The maximum absolute atomic E-state index is 11.6. The van der Waals surface area contributed by atoms with Crippen LogP contribution in [0.1, 0.15) is 35.7 Å². The SMILES string of the molecule is CCCC(N)Nc1nc(N)nc2c(Br)nn(Cc3ccc(Oc4ccc(C(=O)OC)cc4)cc3OC)c12. The molecule has 1 atom stereocenters. The van der Waals surface area contributed by atoms with Crippen molar-refractivity contribution in [1.82, 2.24) is 19.7 Å². The molecule has 0 aliphatic rings. The number of halogens is 1. The lowest BCUT2D eigenvalue weighted by Gasteiger charge is -2.16. The molecule has 0 aliphatic heterocycles. The normalized spacial score (nSPS) is 11.8. The number of fused-ring (bicyclic) bond motifs is 1. The van der Waals surface area contributed by atoms with Crippen molar-refractivity contribution >= 4 is 44.7 Å². The Bertz CT molecular complexity index is 1410. The number of anilines is 2. The molecule has 0 amide bonds. The van der Waals surface area contributed by atoms with Gasteiger partial charge in [0.25, 0.3) is 0 Å². The molecule has 0 radical (unpaired) electrons. The number of ether oxygens (including phenoxy) is 3. The standard InChI is InChI=1S/C25H28BrN7O4/c1-4-5-19(27)29-23-21-20(30-25(28)31-23)22(26)32-33(21)13-15-8-11-17(12-18(15)35-2)37-16-9-6-14(7-10-16)24(34)36-3/h6-12,19H,4-5,13,27H2,1-3H3,(H3,28,29,30,31). The summed E-state index contributed by atoms with van der Waals surface area (Å²) in [6, 6.07) is 12.2. The van der Waals surface area contributed by atoms with E-state index < -0.39 is 5.97 Å². The predicted molar refractivity (Wildman–Crippen MR) is 144 cm³/mol. The summed E-state index contributed by atoms with van der Waals surface area (Å²) in [5, 5.41) is 7.84. The lowest BCUT2D eigenvalue weighted by Crippen LogP contribution is -2.30. The first kappa shape index (κ1) is 26.2. The van der Waals surface area contributed by atoms with Crippen LogP contribution in [0.4, 0.5) is 11.8 Å². The fraction of sp³-hybridized carbons (Fsp3) is 0.280. The van der Waals surface area contributed by atoms with Gasteiger partial charge in [-0.2, -0.15) is 10.1 Å². The Balaban J connectivity index is 1.62. The predicted octanol–water partition coefficient (Wildman–Crippen LogP) is 4.30. The third-order valence-corrected chi connectivity index (χ3v) is 6.11. The highest BCUT2D eigenvalue weighted by Gasteiger charge is 2.19. The monoisotopic (exact) mass is 569 g/mol. The van der Waals surface area contributed by atoms with Crippen LogP contribution in [0, 0.1) is 0 Å². The van der Waals surface area contributed by atoms with Crippen molar-refractivity contribution in [3.05, 3.63) is 58.2 Å². The highest BCUT2D eigenvalue weighted by molar-refractivity contribution is 9.10. The second-order valence-corrected chi connectivity index (χ2v) is 8.96. The van der Waals surface area contributed by atoms with Gasteiger partial charge in [-0.25, -0.2) is 9.78 Å². The maximum atomic E-state index is 11.6. The van der Waals surface area contributed by atoms with Gasteiger partial charge in [0.05, 0.1) is 32.5 Å². The summed E-state index contributed by atoms with van der Waals surface area (Å²) in [6.07, 6.45) is 1.39. The summed E-state index contributed by atoms with van der Waals surface area (Å²) in [4.78, 5) is 20.4. The molecule has 1 unspecified atom stereocenters. The van der Waals surface area contributed by atoms with Crippen molar-refractivity contribution in [3.63, 3.8) is 0 Å². The number of hydrogen-bond donors (Lipinski definition) is 3. The number of nitrogens with one attached hydrogen (secondary N) is 1. The molecule has 0 aliphatic carbocycles. The number of hydrogen-bond acceptors (Lipinski definition) is 10. The second-order valence-electron chi connectivity index (χ2n) is 8.21. The second kappa shape index (κ2) is 11.4. The summed E-state index contributed by atoms with van der Waals surface area (Å²) in [5.41, 5.74) is 14.7. The number of nitrogen functional groups attached to an aromatic ring is 1. The van der Waals surface area contributed by atoms with Crippen LogP contribution in [0.25, 0.3) is 11.0 Å². The molecule has 4 rings (SSSR count). The van der Waals surface area contributed by atoms with Crippen LogP contribution in [0.2, 0.25) is 0 Å². The van der Waals surface area contributed by atoms with Crippen molar-refractivity contribution in [1.29, 1.82) is 0 Å². The van der Waals surface area contributed by atoms with Crippen molar-refractivity contribution in [3.8, 4) is 17.2 Å². The molecule has 37 heavy (non-hydrogen) atoms. The summed E-state index contributed by atoms with van der Waals surface area (Å²) in [5.74, 6) is 1.97. The average molecular weight is 570 g/mol.